The maximum absolute atomic E-state index is 10.5. The van der Waals surface area contributed by atoms with Crippen LogP contribution in [0.3, 0.4) is 0 Å². The van der Waals surface area contributed by atoms with Gasteiger partial charge in [0.25, 0.3) is 0 Å². The largest absolute Gasteiger partial charge is 0.392 e. The Balaban J connectivity index is 1.78. The molecule has 19 heavy (non-hydrogen) atoms. The quantitative estimate of drug-likeness (QED) is 0.944. The molecule has 1 aliphatic rings. The van der Waals surface area contributed by atoms with Gasteiger partial charge in [-0.1, -0.05) is 24.3 Å². The van der Waals surface area contributed by atoms with E-state index in [1.54, 1.807) is 0 Å². The molecule has 0 bridgehead atoms. The average molecular weight is 321 g/mol. The molecule has 0 radical (unpaired) electrons. The zero-order chi connectivity index (χ0) is 13.6. The lowest BCUT2D eigenvalue weighted by Crippen LogP contribution is -2.31. The van der Waals surface area contributed by atoms with Crippen LogP contribution in [0.2, 0.25) is 0 Å². The van der Waals surface area contributed by atoms with Crippen LogP contribution in [0.25, 0.3) is 0 Å². The molecule has 2 unspecified atom stereocenters. The van der Waals surface area contributed by atoms with E-state index in [1.165, 1.54) is 11.1 Å². The number of benzene rings is 1. The first-order valence-corrected chi connectivity index (χ1v) is 7.31. The number of aryl methyl sites for hydroxylation is 2. The van der Waals surface area contributed by atoms with E-state index in [1.807, 2.05) is 24.7 Å². The first-order chi connectivity index (χ1) is 9.08. The third-order valence-electron chi connectivity index (χ3n) is 4.02. The third kappa shape index (κ3) is 2.13. The zero-order valence-corrected chi connectivity index (χ0v) is 12.7. The molecule has 0 saturated carbocycles. The van der Waals surface area contributed by atoms with Crippen molar-refractivity contribution in [1.82, 2.24) is 9.78 Å². The number of aliphatic hydroxyl groups is 1. The minimum Gasteiger partial charge on any atom is -0.392 e. The first-order valence-electron chi connectivity index (χ1n) is 6.51. The van der Waals surface area contributed by atoms with E-state index < -0.39 is 0 Å². The summed E-state index contributed by atoms with van der Waals surface area (Å²) in [7, 11) is 1.93. The van der Waals surface area contributed by atoms with E-state index in [4.69, 9.17) is 0 Å². The van der Waals surface area contributed by atoms with E-state index in [0.717, 1.165) is 22.3 Å². The Morgan fingerprint density at radius 1 is 1.47 bits per heavy atom. The molecule has 0 amide bonds. The van der Waals surface area contributed by atoms with Crippen LogP contribution >= 0.6 is 15.9 Å². The van der Waals surface area contributed by atoms with E-state index in [-0.39, 0.29) is 12.0 Å². The molecule has 1 aromatic carbocycles. The van der Waals surface area contributed by atoms with Gasteiger partial charge in [-0.05, 0) is 40.4 Å². The SMILES string of the molecule is Cc1nn(C)c(CC(O)C2Cc3ccccc32)c1Br. The van der Waals surface area contributed by atoms with Gasteiger partial charge in [0, 0.05) is 19.4 Å². The maximum Gasteiger partial charge on any atom is 0.0738 e. The highest BCUT2D eigenvalue weighted by Gasteiger charge is 2.32. The summed E-state index contributed by atoms with van der Waals surface area (Å²) in [5, 5.41) is 14.8. The van der Waals surface area contributed by atoms with Crippen LogP contribution in [0.1, 0.15) is 28.4 Å². The number of hydrogen-bond acceptors (Lipinski definition) is 2. The lowest BCUT2D eigenvalue weighted by molar-refractivity contribution is 0.131. The van der Waals surface area contributed by atoms with E-state index in [2.05, 4.69) is 39.2 Å². The highest BCUT2D eigenvalue weighted by Crippen LogP contribution is 2.38. The van der Waals surface area contributed by atoms with Crippen molar-refractivity contribution in [3.8, 4) is 0 Å². The smallest absolute Gasteiger partial charge is 0.0738 e. The molecule has 0 fully saturated rings. The molecule has 0 spiro atoms. The molecule has 1 N–H and O–H groups in total. The van der Waals surface area contributed by atoms with E-state index in [0.29, 0.717) is 6.42 Å². The summed E-state index contributed by atoms with van der Waals surface area (Å²) in [6.45, 7) is 1.97. The average Bonchev–Trinajstić information content (AvgIpc) is 2.58. The summed E-state index contributed by atoms with van der Waals surface area (Å²) >= 11 is 3.56. The van der Waals surface area contributed by atoms with Crippen molar-refractivity contribution in [2.45, 2.75) is 31.8 Å². The number of fused-ring (bicyclic) bond motifs is 1. The van der Waals surface area contributed by atoms with Crippen LogP contribution in [0.5, 0.6) is 0 Å². The summed E-state index contributed by atoms with van der Waals surface area (Å²) in [5.41, 5.74) is 4.70. The van der Waals surface area contributed by atoms with Crippen LogP contribution in [0, 0.1) is 6.92 Å². The van der Waals surface area contributed by atoms with Gasteiger partial charge in [0.2, 0.25) is 0 Å². The molecule has 0 saturated heterocycles. The fourth-order valence-electron chi connectivity index (χ4n) is 2.88. The van der Waals surface area contributed by atoms with Gasteiger partial charge in [0.15, 0.2) is 0 Å². The molecule has 4 heteroatoms. The second kappa shape index (κ2) is 4.76. The third-order valence-corrected chi connectivity index (χ3v) is 5.05. The molecule has 1 aliphatic carbocycles. The summed E-state index contributed by atoms with van der Waals surface area (Å²) in [6, 6.07) is 8.36. The normalized spacial score (nSPS) is 18.8. The fraction of sp³-hybridized carbons (Fsp3) is 0.400. The van der Waals surface area contributed by atoms with Gasteiger partial charge in [-0.2, -0.15) is 5.10 Å². The topological polar surface area (TPSA) is 38.0 Å². The molecule has 1 aromatic heterocycles. The molecular formula is C15H17BrN2O. The van der Waals surface area contributed by atoms with Crippen molar-refractivity contribution in [2.75, 3.05) is 0 Å². The molecule has 3 rings (SSSR count). The highest BCUT2D eigenvalue weighted by atomic mass is 79.9. The zero-order valence-electron chi connectivity index (χ0n) is 11.1. The van der Waals surface area contributed by atoms with Gasteiger partial charge >= 0.3 is 0 Å². The number of rotatable bonds is 3. The molecule has 2 aromatic rings. The second-order valence-corrected chi connectivity index (χ2v) is 6.04. The molecular weight excluding hydrogens is 304 g/mol. The number of hydrogen-bond donors (Lipinski definition) is 1. The van der Waals surface area contributed by atoms with Gasteiger partial charge in [-0.15, -0.1) is 0 Å². The van der Waals surface area contributed by atoms with Crippen LogP contribution in [-0.4, -0.2) is 21.0 Å². The minimum atomic E-state index is -0.346. The Kier molecular flexibility index (Phi) is 3.23. The van der Waals surface area contributed by atoms with E-state index >= 15 is 0 Å². The first kappa shape index (κ1) is 12.9. The lowest BCUT2D eigenvalue weighted by Gasteiger charge is -2.34. The van der Waals surface area contributed by atoms with Crippen LogP contribution in [-0.2, 0) is 19.9 Å². The minimum absolute atomic E-state index is 0.262. The molecule has 2 atom stereocenters. The molecule has 1 heterocycles. The number of aromatic nitrogens is 2. The Bertz CT molecular complexity index is 621. The van der Waals surface area contributed by atoms with Gasteiger partial charge in [0.05, 0.1) is 22.0 Å². The van der Waals surface area contributed by atoms with Gasteiger partial charge < -0.3 is 5.11 Å². The number of aliphatic hydroxyl groups excluding tert-OH is 1. The van der Waals surface area contributed by atoms with Gasteiger partial charge in [0.1, 0.15) is 0 Å². The van der Waals surface area contributed by atoms with Gasteiger partial charge in [-0.3, -0.25) is 4.68 Å². The summed E-state index contributed by atoms with van der Waals surface area (Å²) in [5.74, 6) is 0.262. The van der Waals surface area contributed by atoms with Crippen LogP contribution in [0.15, 0.2) is 28.7 Å². The maximum atomic E-state index is 10.5. The number of nitrogens with zero attached hydrogens (tertiary/aromatic N) is 2. The standard InChI is InChI=1S/C15H17BrN2O/c1-9-15(16)13(18(2)17-9)8-14(19)12-7-10-5-3-4-6-11(10)12/h3-6,12,14,19H,7-8H2,1-2H3. The number of halogens is 1. The Morgan fingerprint density at radius 3 is 2.84 bits per heavy atom. The summed E-state index contributed by atoms with van der Waals surface area (Å²) in [4.78, 5) is 0. The second-order valence-electron chi connectivity index (χ2n) is 5.25. The van der Waals surface area contributed by atoms with Crippen molar-refractivity contribution in [3.63, 3.8) is 0 Å². The lowest BCUT2D eigenvalue weighted by atomic mass is 9.73. The Labute approximate surface area is 121 Å². The van der Waals surface area contributed by atoms with Gasteiger partial charge in [-0.25, -0.2) is 0 Å². The predicted octanol–water partition coefficient (Wildman–Crippen LogP) is 2.73. The monoisotopic (exact) mass is 320 g/mol. The fourth-order valence-corrected chi connectivity index (χ4v) is 3.38. The summed E-state index contributed by atoms with van der Waals surface area (Å²) in [6.07, 6.45) is 1.27. The van der Waals surface area contributed by atoms with E-state index in [9.17, 15) is 5.11 Å². The van der Waals surface area contributed by atoms with Crippen molar-refractivity contribution in [2.24, 2.45) is 7.05 Å². The highest BCUT2D eigenvalue weighted by molar-refractivity contribution is 9.10. The molecule has 0 aliphatic heterocycles. The molecule has 3 nitrogen and oxygen atoms in total. The van der Waals surface area contributed by atoms with Crippen LogP contribution < -0.4 is 0 Å². The Hall–Kier alpha value is -1.13. The predicted molar refractivity (Wildman–Crippen MR) is 78.2 cm³/mol. The summed E-state index contributed by atoms with van der Waals surface area (Å²) < 4.78 is 2.87. The van der Waals surface area contributed by atoms with Crippen molar-refractivity contribution >= 4 is 15.9 Å². The van der Waals surface area contributed by atoms with Crippen molar-refractivity contribution < 1.29 is 5.11 Å². The Morgan fingerprint density at radius 2 is 2.21 bits per heavy atom. The molecule has 100 valence electrons. The van der Waals surface area contributed by atoms with Crippen molar-refractivity contribution in [3.05, 3.63) is 51.3 Å². The van der Waals surface area contributed by atoms with Crippen molar-refractivity contribution in [1.29, 1.82) is 0 Å². The van der Waals surface area contributed by atoms with Crippen LogP contribution in [0.4, 0.5) is 0 Å².